The molecule has 2 aliphatic rings. The lowest BCUT2D eigenvalue weighted by molar-refractivity contribution is -0.143. The van der Waals surface area contributed by atoms with Gasteiger partial charge in [-0.05, 0) is 63.3 Å². The molecule has 10 nitrogen and oxygen atoms in total. The number of halogens is 1. The zero-order valence-corrected chi connectivity index (χ0v) is 23.0. The molecular weight excluding hydrogens is 521 g/mol. The van der Waals surface area contributed by atoms with E-state index < -0.39 is 29.9 Å². The molecule has 40 heavy (non-hydrogen) atoms. The van der Waals surface area contributed by atoms with Crippen molar-refractivity contribution < 1.29 is 38.4 Å². The van der Waals surface area contributed by atoms with Crippen LogP contribution in [0.15, 0.2) is 24.3 Å². The van der Waals surface area contributed by atoms with Gasteiger partial charge in [0.1, 0.15) is 17.7 Å². The third kappa shape index (κ3) is 4.51. The summed E-state index contributed by atoms with van der Waals surface area (Å²) in [7, 11) is 4.07. The Morgan fingerprint density at radius 2 is 1.88 bits per heavy atom. The summed E-state index contributed by atoms with van der Waals surface area (Å²) in [6.45, 7) is 1.95. The van der Waals surface area contributed by atoms with Crippen LogP contribution in [0.1, 0.15) is 68.1 Å². The molecule has 214 valence electrons. The van der Waals surface area contributed by atoms with Crippen molar-refractivity contribution in [2.75, 3.05) is 26.2 Å². The number of hydrogen-bond donors (Lipinski definition) is 2. The topological polar surface area (TPSA) is 123 Å². The molecule has 1 aromatic heterocycles. The summed E-state index contributed by atoms with van der Waals surface area (Å²) in [6, 6.07) is 5.96. The first kappa shape index (κ1) is 27.7. The fourth-order valence-corrected chi connectivity index (χ4v) is 6.32. The van der Waals surface area contributed by atoms with Crippen LogP contribution in [-0.4, -0.2) is 59.2 Å². The Bertz CT molecular complexity index is 1460. The molecule has 1 saturated carbocycles. The summed E-state index contributed by atoms with van der Waals surface area (Å²) in [5.74, 6) is -1.76. The summed E-state index contributed by atoms with van der Waals surface area (Å²) in [5, 5.41) is 21.6. The zero-order chi connectivity index (χ0) is 28.7. The first-order valence-corrected chi connectivity index (χ1v) is 13.4. The van der Waals surface area contributed by atoms with E-state index in [1.54, 1.807) is 4.90 Å². The molecule has 0 unspecified atom stereocenters. The Kier molecular flexibility index (Phi) is 7.59. The van der Waals surface area contributed by atoms with Crippen LogP contribution in [0.3, 0.4) is 0 Å². The highest BCUT2D eigenvalue weighted by molar-refractivity contribution is 5.95. The van der Waals surface area contributed by atoms with Crippen molar-refractivity contribution in [2.45, 2.75) is 63.6 Å². The Labute approximate surface area is 231 Å². The molecule has 0 radical (unpaired) electrons. The van der Waals surface area contributed by atoms with Crippen LogP contribution in [0.5, 0.6) is 11.5 Å². The number of methoxy groups -OCH3 is 3. The summed E-state index contributed by atoms with van der Waals surface area (Å²) < 4.78 is 32.6. The molecule has 1 fully saturated rings. The molecule has 2 N–H and O–H groups in total. The second-order valence-electron chi connectivity index (χ2n) is 10.5. The van der Waals surface area contributed by atoms with Crippen LogP contribution in [0.2, 0.25) is 0 Å². The van der Waals surface area contributed by atoms with E-state index in [2.05, 4.69) is 0 Å². The van der Waals surface area contributed by atoms with Crippen LogP contribution in [0, 0.1) is 11.7 Å². The SMILES string of the molecule is COC(=O)N1c2ccc3c(nc([C@H](O)c4c(OC)ccc(F)c4OC)n3[C@@H]3CCC[C@@H](C(=O)O)C3)c2CC[C@@H]1C. The third-order valence-corrected chi connectivity index (χ3v) is 8.26. The number of aliphatic hydroxyl groups is 1. The fraction of sp³-hybridized carbons (Fsp3) is 0.483. The molecular formula is C29H34FN3O7. The predicted molar refractivity (Wildman–Crippen MR) is 145 cm³/mol. The minimum absolute atomic E-state index is 0.0833. The maximum atomic E-state index is 14.8. The minimum Gasteiger partial charge on any atom is -0.496 e. The molecule has 1 aliphatic heterocycles. The molecule has 11 heteroatoms. The van der Waals surface area contributed by atoms with E-state index in [9.17, 15) is 24.2 Å². The monoisotopic (exact) mass is 555 g/mol. The largest absolute Gasteiger partial charge is 0.496 e. The second kappa shape index (κ2) is 11.0. The van der Waals surface area contributed by atoms with E-state index in [1.807, 2.05) is 23.6 Å². The van der Waals surface area contributed by atoms with Gasteiger partial charge < -0.3 is 29.0 Å². The quantitative estimate of drug-likeness (QED) is 0.436. The van der Waals surface area contributed by atoms with Crippen LogP contribution in [0.25, 0.3) is 11.0 Å². The number of carboxylic acids is 1. The number of aromatic nitrogens is 2. The standard InChI is InChI=1S/C29H34FN3O7/c1-15-8-9-18-20(32(15)29(37)40-4)11-12-21-24(18)31-27(33(21)17-7-5-6-16(14-17)28(35)36)25(34)23-22(38-2)13-10-19(30)26(23)39-3/h10-13,15-17,25,34H,5-9,14H2,1-4H3,(H,35,36)/t15-,16+,17+,25+/m0/s1. The van der Waals surface area contributed by atoms with E-state index >= 15 is 0 Å². The molecule has 2 aromatic carbocycles. The molecule has 5 rings (SSSR count). The van der Waals surface area contributed by atoms with Crippen LogP contribution >= 0.6 is 0 Å². The van der Waals surface area contributed by atoms with Crippen molar-refractivity contribution in [1.82, 2.24) is 9.55 Å². The number of anilines is 1. The number of aryl methyl sites for hydroxylation is 1. The van der Waals surface area contributed by atoms with Crippen LogP contribution in [0.4, 0.5) is 14.9 Å². The molecule has 0 bridgehead atoms. The lowest BCUT2D eigenvalue weighted by Gasteiger charge is -2.34. The number of carbonyl (C=O) groups excluding carboxylic acids is 1. The number of carboxylic acid groups (broad SMARTS) is 1. The lowest BCUT2D eigenvalue weighted by atomic mass is 9.85. The van der Waals surface area contributed by atoms with Gasteiger partial charge in [-0.3, -0.25) is 9.69 Å². The Morgan fingerprint density at radius 1 is 1.10 bits per heavy atom. The number of rotatable bonds is 6. The molecule has 4 atom stereocenters. The number of ether oxygens (including phenoxy) is 3. The Hall–Kier alpha value is -3.86. The predicted octanol–water partition coefficient (Wildman–Crippen LogP) is 5.00. The van der Waals surface area contributed by atoms with Gasteiger partial charge in [-0.25, -0.2) is 14.2 Å². The minimum atomic E-state index is -1.45. The lowest BCUT2D eigenvalue weighted by Crippen LogP contribution is -2.42. The van der Waals surface area contributed by atoms with E-state index in [-0.39, 0.29) is 35.0 Å². The number of aliphatic hydroxyl groups excluding tert-OH is 1. The fourth-order valence-electron chi connectivity index (χ4n) is 6.32. The maximum Gasteiger partial charge on any atom is 0.414 e. The molecule has 2 heterocycles. The highest BCUT2D eigenvalue weighted by Gasteiger charge is 2.37. The number of nitrogens with zero attached hydrogens (tertiary/aromatic N) is 3. The van der Waals surface area contributed by atoms with Gasteiger partial charge in [-0.15, -0.1) is 0 Å². The van der Waals surface area contributed by atoms with Gasteiger partial charge in [0.05, 0.1) is 49.5 Å². The number of carbonyl (C=O) groups is 2. The van der Waals surface area contributed by atoms with E-state index in [4.69, 9.17) is 19.2 Å². The van der Waals surface area contributed by atoms with Crippen molar-refractivity contribution in [1.29, 1.82) is 0 Å². The zero-order valence-electron chi connectivity index (χ0n) is 23.0. The average molecular weight is 556 g/mol. The maximum absolute atomic E-state index is 14.8. The number of benzene rings is 2. The number of hydrogen-bond acceptors (Lipinski definition) is 7. The van der Waals surface area contributed by atoms with E-state index in [0.717, 1.165) is 5.56 Å². The first-order chi connectivity index (χ1) is 19.2. The Morgan fingerprint density at radius 3 is 2.55 bits per heavy atom. The molecule has 1 aliphatic carbocycles. The number of imidazole rings is 1. The van der Waals surface area contributed by atoms with Crippen molar-refractivity contribution >= 4 is 28.8 Å². The second-order valence-corrected chi connectivity index (χ2v) is 10.5. The molecule has 3 aromatic rings. The van der Waals surface area contributed by atoms with Gasteiger partial charge in [0, 0.05) is 17.6 Å². The van der Waals surface area contributed by atoms with Gasteiger partial charge >= 0.3 is 12.1 Å². The van der Waals surface area contributed by atoms with E-state index in [1.165, 1.54) is 33.5 Å². The van der Waals surface area contributed by atoms with Gasteiger partial charge in [0.25, 0.3) is 0 Å². The van der Waals surface area contributed by atoms with Gasteiger partial charge in [0.15, 0.2) is 11.6 Å². The summed E-state index contributed by atoms with van der Waals surface area (Å²) in [6.07, 6.45) is 1.72. The van der Waals surface area contributed by atoms with Gasteiger partial charge in [-0.1, -0.05) is 6.42 Å². The van der Waals surface area contributed by atoms with Crippen molar-refractivity contribution in [3.8, 4) is 11.5 Å². The Balaban J connectivity index is 1.75. The smallest absolute Gasteiger partial charge is 0.414 e. The number of aliphatic carboxylic acids is 1. The molecule has 0 saturated heterocycles. The number of fused-ring (bicyclic) bond motifs is 3. The normalized spacial score (nSPS) is 21.6. The molecule has 0 spiro atoms. The van der Waals surface area contributed by atoms with E-state index in [0.29, 0.717) is 55.2 Å². The van der Waals surface area contributed by atoms with Crippen molar-refractivity contribution in [3.63, 3.8) is 0 Å². The average Bonchev–Trinajstić information content (AvgIpc) is 3.36. The van der Waals surface area contributed by atoms with Crippen molar-refractivity contribution in [3.05, 3.63) is 47.0 Å². The highest BCUT2D eigenvalue weighted by Crippen LogP contribution is 2.45. The summed E-state index contributed by atoms with van der Waals surface area (Å²) >= 11 is 0. The molecule has 1 amide bonds. The summed E-state index contributed by atoms with van der Waals surface area (Å²) in [5.41, 5.74) is 2.90. The van der Waals surface area contributed by atoms with Crippen LogP contribution in [-0.2, 0) is 16.0 Å². The number of amides is 1. The van der Waals surface area contributed by atoms with Crippen molar-refractivity contribution in [2.24, 2.45) is 5.92 Å². The van der Waals surface area contributed by atoms with Gasteiger partial charge in [-0.2, -0.15) is 0 Å². The van der Waals surface area contributed by atoms with Gasteiger partial charge in [0.2, 0.25) is 0 Å². The van der Waals surface area contributed by atoms with Crippen LogP contribution < -0.4 is 14.4 Å². The third-order valence-electron chi connectivity index (χ3n) is 8.26. The highest BCUT2D eigenvalue weighted by atomic mass is 19.1. The summed E-state index contributed by atoms with van der Waals surface area (Å²) in [4.78, 5) is 31.1. The first-order valence-electron chi connectivity index (χ1n) is 13.4.